The van der Waals surface area contributed by atoms with Crippen LogP contribution in [0.4, 0.5) is 4.79 Å². The molecule has 4 rings (SSSR count). The van der Waals surface area contributed by atoms with E-state index in [-0.39, 0.29) is 42.7 Å². The zero-order valence-electron chi connectivity index (χ0n) is 28.0. The first-order valence-corrected chi connectivity index (χ1v) is 16.4. The Hall–Kier alpha value is -3.87. The predicted octanol–water partition coefficient (Wildman–Crippen LogP) is 1.49. The van der Waals surface area contributed by atoms with Gasteiger partial charge < -0.3 is 33.9 Å². The fraction of sp³-hybridized carbons (Fsp3) is 0.618. The second kappa shape index (κ2) is 18.0. The number of imide groups is 2. The number of amides is 5. The quantitative estimate of drug-likeness (QED) is 0.158. The highest BCUT2D eigenvalue weighted by Crippen LogP contribution is 2.29. The number of nitrogens with one attached hydrogen (secondary N) is 2. The van der Waals surface area contributed by atoms with E-state index in [1.54, 1.807) is 12.1 Å². The van der Waals surface area contributed by atoms with Crippen LogP contribution in [0.25, 0.3) is 0 Å². The number of likely N-dealkylation sites (tertiary alicyclic amines) is 1. The lowest BCUT2D eigenvalue weighted by atomic mass is 10.0. The molecule has 2 N–H and O–H groups in total. The van der Waals surface area contributed by atoms with Crippen molar-refractivity contribution in [3.63, 3.8) is 0 Å². The molecular formula is C34H46N4O10. The summed E-state index contributed by atoms with van der Waals surface area (Å²) in [7, 11) is 0. The van der Waals surface area contributed by atoms with Crippen LogP contribution in [0, 0.1) is 11.8 Å². The Morgan fingerprint density at radius 3 is 2.19 bits per heavy atom. The molecular weight excluding hydrogens is 624 g/mol. The smallest absolute Gasteiger partial charge is 0.407 e. The summed E-state index contributed by atoms with van der Waals surface area (Å²) in [6, 6.07) is 3.90. The molecule has 2 saturated heterocycles. The van der Waals surface area contributed by atoms with Gasteiger partial charge in [-0.2, -0.15) is 0 Å². The zero-order valence-corrected chi connectivity index (χ0v) is 28.0. The van der Waals surface area contributed by atoms with E-state index >= 15 is 0 Å². The number of hydrogen-bond donors (Lipinski definition) is 2. The van der Waals surface area contributed by atoms with Crippen molar-refractivity contribution in [2.45, 2.75) is 64.1 Å². The summed E-state index contributed by atoms with van der Waals surface area (Å²) < 4.78 is 27.6. The summed E-state index contributed by atoms with van der Waals surface area (Å²) in [5.41, 5.74) is 0.210. The van der Waals surface area contributed by atoms with Crippen molar-refractivity contribution in [3.05, 3.63) is 34.9 Å². The van der Waals surface area contributed by atoms with Crippen molar-refractivity contribution >= 4 is 29.7 Å². The summed E-state index contributed by atoms with van der Waals surface area (Å²) in [6.45, 7) is 11.4. The van der Waals surface area contributed by atoms with Gasteiger partial charge in [0, 0.05) is 37.7 Å². The molecule has 0 aliphatic carbocycles. The Balaban J connectivity index is 0.995. The number of nitrogens with zero attached hydrogens (tertiary/aromatic N) is 2. The molecule has 2 fully saturated rings. The molecule has 0 radical (unpaired) electrons. The Bertz CT molecular complexity index is 1370. The van der Waals surface area contributed by atoms with Crippen LogP contribution < -0.4 is 10.6 Å². The summed E-state index contributed by atoms with van der Waals surface area (Å²) in [5.74, 6) is 3.49. The molecule has 0 bridgehead atoms. The molecule has 1 aromatic rings. The van der Waals surface area contributed by atoms with E-state index in [9.17, 15) is 24.0 Å². The number of piperidine rings is 2. The molecule has 14 nitrogen and oxygen atoms in total. The number of ether oxygens (including phenoxy) is 5. The molecule has 1 aromatic carbocycles. The van der Waals surface area contributed by atoms with Crippen LogP contribution in [-0.2, 0) is 33.3 Å². The van der Waals surface area contributed by atoms with Crippen molar-refractivity contribution < 1.29 is 47.7 Å². The topological polar surface area (TPSA) is 162 Å². The average molecular weight is 671 g/mol. The number of carbonyl (C=O) groups is 5. The lowest BCUT2D eigenvalue weighted by molar-refractivity contribution is -0.136. The van der Waals surface area contributed by atoms with E-state index in [4.69, 9.17) is 23.7 Å². The average Bonchev–Trinajstić information content (AvgIpc) is 3.28. The van der Waals surface area contributed by atoms with Gasteiger partial charge in [0.05, 0.1) is 57.4 Å². The first-order chi connectivity index (χ1) is 23.0. The molecule has 14 heteroatoms. The number of carbonyl (C=O) groups excluding carboxylic acids is 5. The van der Waals surface area contributed by atoms with Gasteiger partial charge in [0.1, 0.15) is 18.2 Å². The van der Waals surface area contributed by atoms with E-state index < -0.39 is 35.3 Å². The lowest BCUT2D eigenvalue weighted by Gasteiger charge is -2.32. The number of alkyl carbamates (subject to hydrolysis) is 1. The summed E-state index contributed by atoms with van der Waals surface area (Å²) in [4.78, 5) is 65.0. The van der Waals surface area contributed by atoms with Crippen molar-refractivity contribution in [3.8, 4) is 11.8 Å². The van der Waals surface area contributed by atoms with Gasteiger partial charge in [-0.25, -0.2) is 4.79 Å². The van der Waals surface area contributed by atoms with Gasteiger partial charge in [0.25, 0.3) is 11.8 Å². The van der Waals surface area contributed by atoms with Gasteiger partial charge in [-0.05, 0) is 52.2 Å². The number of rotatable bonds is 15. The minimum atomic E-state index is -1.03. The van der Waals surface area contributed by atoms with E-state index in [2.05, 4.69) is 27.4 Å². The SMILES string of the molecule is CC(C)(C)OC(=O)NC1CCN(CCOCCOCCOCCOCC#Cc2cccc3c2C(=O)N(C2CCC(=O)NC2=O)C3=O)CC1. The fourth-order valence-corrected chi connectivity index (χ4v) is 5.50. The Morgan fingerprint density at radius 1 is 0.896 bits per heavy atom. The summed E-state index contributed by atoms with van der Waals surface area (Å²) in [6.07, 6.45) is 1.56. The van der Waals surface area contributed by atoms with Crippen molar-refractivity contribution in [1.29, 1.82) is 0 Å². The standard InChI is InChI=1S/C34H46N4O10/c1-34(2,3)48-33(43)35-25-11-13-37(14-12-25)15-17-45-19-21-47-23-22-46-20-18-44-16-5-7-24-6-4-8-26-29(24)32(42)38(31(26)41)27-9-10-28(39)36-30(27)40/h4,6,8,25,27H,9-23H2,1-3H3,(H,35,43)(H,36,39,40). The van der Waals surface area contributed by atoms with Crippen molar-refractivity contribution in [1.82, 2.24) is 20.4 Å². The largest absolute Gasteiger partial charge is 0.444 e. The highest BCUT2D eigenvalue weighted by Gasteiger charge is 2.45. The lowest BCUT2D eigenvalue weighted by Crippen LogP contribution is -2.54. The Kier molecular flexibility index (Phi) is 13.9. The maximum absolute atomic E-state index is 13.1. The van der Waals surface area contributed by atoms with Gasteiger partial charge in [-0.15, -0.1) is 0 Å². The maximum atomic E-state index is 13.1. The van der Waals surface area contributed by atoms with Gasteiger partial charge in [0.15, 0.2) is 0 Å². The van der Waals surface area contributed by atoms with Crippen LogP contribution >= 0.6 is 0 Å². The third kappa shape index (κ3) is 11.1. The van der Waals surface area contributed by atoms with Gasteiger partial charge in [-0.1, -0.05) is 17.9 Å². The number of benzene rings is 1. The fourth-order valence-electron chi connectivity index (χ4n) is 5.50. The molecule has 0 spiro atoms. The van der Waals surface area contributed by atoms with E-state index in [1.165, 1.54) is 6.07 Å². The third-order valence-electron chi connectivity index (χ3n) is 7.84. The summed E-state index contributed by atoms with van der Waals surface area (Å²) in [5, 5.41) is 5.13. The van der Waals surface area contributed by atoms with Gasteiger partial charge >= 0.3 is 6.09 Å². The second-order valence-corrected chi connectivity index (χ2v) is 12.6. The van der Waals surface area contributed by atoms with Gasteiger partial charge in [-0.3, -0.25) is 29.4 Å². The molecule has 3 aliphatic heterocycles. The number of fused-ring (bicyclic) bond motifs is 1. The molecule has 48 heavy (non-hydrogen) atoms. The molecule has 1 atom stereocenters. The van der Waals surface area contributed by atoms with Crippen LogP contribution in [0.3, 0.4) is 0 Å². The van der Waals surface area contributed by atoms with Crippen LogP contribution in [-0.4, -0.2) is 130 Å². The van der Waals surface area contributed by atoms with Crippen LogP contribution in [0.5, 0.6) is 0 Å². The normalized spacial score (nSPS) is 18.7. The molecule has 1 unspecified atom stereocenters. The first kappa shape index (κ1) is 37.0. The summed E-state index contributed by atoms with van der Waals surface area (Å²) >= 11 is 0. The van der Waals surface area contributed by atoms with Crippen LogP contribution in [0.1, 0.15) is 72.7 Å². The zero-order chi connectivity index (χ0) is 34.5. The molecule has 5 amide bonds. The first-order valence-electron chi connectivity index (χ1n) is 16.4. The van der Waals surface area contributed by atoms with E-state index in [0.29, 0.717) is 51.8 Å². The molecule has 3 aliphatic rings. The van der Waals surface area contributed by atoms with E-state index in [0.717, 1.165) is 37.4 Å². The monoisotopic (exact) mass is 670 g/mol. The third-order valence-corrected chi connectivity index (χ3v) is 7.84. The Morgan fingerprint density at radius 2 is 1.54 bits per heavy atom. The van der Waals surface area contributed by atoms with Gasteiger partial charge in [0.2, 0.25) is 11.8 Å². The van der Waals surface area contributed by atoms with E-state index in [1.807, 2.05) is 20.8 Å². The van der Waals surface area contributed by atoms with Crippen molar-refractivity contribution in [2.75, 3.05) is 72.5 Å². The molecule has 0 aromatic heterocycles. The maximum Gasteiger partial charge on any atom is 0.407 e. The second-order valence-electron chi connectivity index (χ2n) is 12.6. The minimum absolute atomic E-state index is 0.0565. The Labute approximate surface area is 281 Å². The predicted molar refractivity (Wildman–Crippen MR) is 172 cm³/mol. The van der Waals surface area contributed by atoms with Crippen LogP contribution in [0.15, 0.2) is 18.2 Å². The highest BCUT2D eigenvalue weighted by molar-refractivity contribution is 6.24. The molecule has 3 heterocycles. The highest BCUT2D eigenvalue weighted by atomic mass is 16.6. The number of hydrogen-bond acceptors (Lipinski definition) is 11. The minimum Gasteiger partial charge on any atom is -0.444 e. The molecule has 262 valence electrons. The molecule has 0 saturated carbocycles. The van der Waals surface area contributed by atoms with Crippen LogP contribution in [0.2, 0.25) is 0 Å². The van der Waals surface area contributed by atoms with Crippen molar-refractivity contribution in [2.24, 2.45) is 0 Å².